The van der Waals surface area contributed by atoms with E-state index in [1.54, 1.807) is 16.4 Å². The Morgan fingerprint density at radius 3 is 2.78 bits per heavy atom. The summed E-state index contributed by atoms with van der Waals surface area (Å²) in [6.45, 7) is 3.51. The molecule has 1 fully saturated rings. The zero-order valence-electron chi connectivity index (χ0n) is 10.4. The minimum absolute atomic E-state index is 0.448. The maximum Gasteiger partial charge on any atom is 0.252 e. The van der Waals surface area contributed by atoms with Crippen molar-refractivity contribution < 1.29 is 8.42 Å². The van der Waals surface area contributed by atoms with Gasteiger partial charge in [0.05, 0.1) is 3.79 Å². The molecule has 0 bridgehead atoms. The zero-order valence-corrected chi connectivity index (χ0v) is 13.7. The second-order valence-corrected chi connectivity index (χ2v) is 9.30. The predicted octanol–water partition coefficient (Wildman–Crippen LogP) is 3.71. The van der Waals surface area contributed by atoms with Crippen molar-refractivity contribution in [3.8, 4) is 0 Å². The minimum atomic E-state index is -3.27. The molecule has 0 aliphatic carbocycles. The molecule has 1 aromatic rings. The Kier molecular flexibility index (Phi) is 4.86. The fraction of sp³-hybridized carbons (Fsp3) is 0.667. The van der Waals surface area contributed by atoms with Crippen LogP contribution >= 0.6 is 27.3 Å². The highest BCUT2D eigenvalue weighted by molar-refractivity contribution is 9.11. The molecule has 1 aliphatic heterocycles. The van der Waals surface area contributed by atoms with E-state index >= 15 is 0 Å². The van der Waals surface area contributed by atoms with E-state index in [0.717, 1.165) is 29.5 Å². The van der Waals surface area contributed by atoms with Crippen LogP contribution in [0.5, 0.6) is 0 Å². The maximum absolute atomic E-state index is 12.5. The van der Waals surface area contributed by atoms with Crippen molar-refractivity contribution in [3.05, 3.63) is 15.9 Å². The molecule has 0 aromatic carbocycles. The summed E-state index contributed by atoms with van der Waals surface area (Å²) < 4.78 is 27.9. The van der Waals surface area contributed by atoms with Crippen LogP contribution < -0.4 is 0 Å². The summed E-state index contributed by atoms with van der Waals surface area (Å²) in [6, 6.07) is 3.48. The van der Waals surface area contributed by atoms with E-state index in [9.17, 15) is 8.42 Å². The second-order valence-electron chi connectivity index (χ2n) is 4.67. The molecule has 0 N–H and O–H groups in total. The molecule has 1 aliphatic rings. The van der Waals surface area contributed by atoms with Gasteiger partial charge in [0.15, 0.2) is 0 Å². The Morgan fingerprint density at radius 1 is 1.39 bits per heavy atom. The Hall–Kier alpha value is 0.0900. The summed E-state index contributed by atoms with van der Waals surface area (Å²) in [5, 5.41) is 0. The monoisotopic (exact) mass is 351 g/mol. The lowest BCUT2D eigenvalue weighted by Gasteiger charge is -2.19. The van der Waals surface area contributed by atoms with Crippen molar-refractivity contribution in [2.45, 2.75) is 36.8 Å². The van der Waals surface area contributed by atoms with E-state index in [-0.39, 0.29) is 0 Å². The summed E-state index contributed by atoms with van der Waals surface area (Å²) >= 11 is 4.61. The lowest BCUT2D eigenvalue weighted by Crippen LogP contribution is -2.31. The average Bonchev–Trinajstić information content (AvgIpc) is 2.65. The molecule has 102 valence electrons. The molecule has 0 amide bonds. The summed E-state index contributed by atoms with van der Waals surface area (Å²) in [6.07, 6.45) is 4.27. The first-order valence-corrected chi connectivity index (χ1v) is 9.34. The average molecular weight is 352 g/mol. The van der Waals surface area contributed by atoms with Crippen LogP contribution in [0.3, 0.4) is 0 Å². The normalized spacial score (nSPS) is 22.9. The first-order chi connectivity index (χ1) is 8.54. The minimum Gasteiger partial charge on any atom is -0.206 e. The molecule has 18 heavy (non-hydrogen) atoms. The van der Waals surface area contributed by atoms with E-state index in [4.69, 9.17) is 0 Å². The van der Waals surface area contributed by atoms with E-state index in [1.165, 1.54) is 11.3 Å². The smallest absolute Gasteiger partial charge is 0.206 e. The molecular weight excluding hydrogens is 334 g/mol. The Bertz CT molecular complexity index is 498. The maximum atomic E-state index is 12.5. The molecule has 0 spiro atoms. The van der Waals surface area contributed by atoms with Gasteiger partial charge in [-0.1, -0.05) is 13.3 Å². The van der Waals surface area contributed by atoms with Crippen LogP contribution in [0, 0.1) is 5.92 Å². The molecule has 1 aromatic heterocycles. The molecule has 2 rings (SSSR count). The Labute approximate surface area is 121 Å². The van der Waals surface area contributed by atoms with Crippen molar-refractivity contribution in [1.29, 1.82) is 0 Å². The number of hydrogen-bond donors (Lipinski definition) is 0. The molecule has 0 radical (unpaired) electrons. The molecule has 1 unspecified atom stereocenters. The van der Waals surface area contributed by atoms with Crippen LogP contribution in [0.2, 0.25) is 0 Å². The number of nitrogens with zero attached hydrogens (tertiary/aromatic N) is 1. The van der Waals surface area contributed by atoms with Gasteiger partial charge in [0.25, 0.3) is 10.0 Å². The summed E-state index contributed by atoms with van der Waals surface area (Å²) in [7, 11) is -3.27. The van der Waals surface area contributed by atoms with Gasteiger partial charge in [0.2, 0.25) is 0 Å². The lowest BCUT2D eigenvalue weighted by molar-refractivity contribution is 0.408. The number of halogens is 1. The van der Waals surface area contributed by atoms with E-state index in [1.807, 2.05) is 0 Å². The molecule has 2 heterocycles. The zero-order chi connectivity index (χ0) is 13.2. The van der Waals surface area contributed by atoms with Gasteiger partial charge in [-0.05, 0) is 53.2 Å². The third kappa shape index (κ3) is 3.15. The molecular formula is C12H18BrNO2S2. The van der Waals surface area contributed by atoms with Crippen molar-refractivity contribution in [2.24, 2.45) is 5.92 Å². The fourth-order valence-electron chi connectivity index (χ4n) is 2.35. The number of hydrogen-bond acceptors (Lipinski definition) is 3. The number of rotatable bonds is 3. The van der Waals surface area contributed by atoms with Crippen molar-refractivity contribution in [1.82, 2.24) is 4.31 Å². The van der Waals surface area contributed by atoms with E-state index < -0.39 is 10.0 Å². The topological polar surface area (TPSA) is 37.4 Å². The van der Waals surface area contributed by atoms with Gasteiger partial charge in [-0.15, -0.1) is 11.3 Å². The molecule has 0 saturated carbocycles. The first-order valence-electron chi connectivity index (χ1n) is 6.29. The van der Waals surface area contributed by atoms with Gasteiger partial charge in [-0.25, -0.2) is 8.42 Å². The molecule has 6 heteroatoms. The largest absolute Gasteiger partial charge is 0.252 e. The molecule has 3 nitrogen and oxygen atoms in total. The standard InChI is InChI=1S/C12H18BrNO2S2/c1-2-10-4-3-8-14(9-7-10)18(15,16)12-6-5-11(13)17-12/h5-6,10H,2-4,7-9H2,1H3. The third-order valence-electron chi connectivity index (χ3n) is 3.53. The SMILES string of the molecule is CCC1CCCN(S(=O)(=O)c2ccc(Br)s2)CC1. The van der Waals surface area contributed by atoms with Crippen molar-refractivity contribution in [2.75, 3.05) is 13.1 Å². The highest BCUT2D eigenvalue weighted by Gasteiger charge is 2.28. The van der Waals surface area contributed by atoms with Gasteiger partial charge in [0.1, 0.15) is 4.21 Å². The highest BCUT2D eigenvalue weighted by Crippen LogP contribution is 2.30. The van der Waals surface area contributed by atoms with Crippen LogP contribution in [-0.4, -0.2) is 25.8 Å². The van der Waals surface area contributed by atoms with Gasteiger partial charge in [0, 0.05) is 13.1 Å². The quantitative estimate of drug-likeness (QED) is 0.832. The second kappa shape index (κ2) is 6.03. The van der Waals surface area contributed by atoms with Crippen LogP contribution in [-0.2, 0) is 10.0 Å². The van der Waals surface area contributed by atoms with E-state index in [2.05, 4.69) is 22.9 Å². The van der Waals surface area contributed by atoms with Gasteiger partial charge in [-0.3, -0.25) is 0 Å². The first kappa shape index (κ1) is 14.5. The highest BCUT2D eigenvalue weighted by atomic mass is 79.9. The van der Waals surface area contributed by atoms with Crippen molar-refractivity contribution >= 4 is 37.3 Å². The van der Waals surface area contributed by atoms with Crippen LogP contribution in [0.15, 0.2) is 20.1 Å². The Morgan fingerprint density at radius 2 is 2.17 bits per heavy atom. The number of thiophene rings is 1. The van der Waals surface area contributed by atoms with Crippen LogP contribution in [0.4, 0.5) is 0 Å². The summed E-state index contributed by atoms with van der Waals surface area (Å²) in [5.74, 6) is 0.681. The lowest BCUT2D eigenvalue weighted by atomic mass is 9.98. The van der Waals surface area contributed by atoms with Crippen LogP contribution in [0.25, 0.3) is 0 Å². The van der Waals surface area contributed by atoms with E-state index in [0.29, 0.717) is 23.2 Å². The Balaban J connectivity index is 2.15. The molecule has 1 atom stereocenters. The van der Waals surface area contributed by atoms with Crippen molar-refractivity contribution in [3.63, 3.8) is 0 Å². The van der Waals surface area contributed by atoms with Gasteiger partial charge < -0.3 is 0 Å². The molecule has 1 saturated heterocycles. The summed E-state index contributed by atoms with van der Waals surface area (Å²) in [4.78, 5) is 0. The fourth-order valence-corrected chi connectivity index (χ4v) is 6.01. The predicted molar refractivity (Wildman–Crippen MR) is 78.4 cm³/mol. The third-order valence-corrected chi connectivity index (χ3v) is 7.52. The summed E-state index contributed by atoms with van der Waals surface area (Å²) in [5.41, 5.74) is 0. The number of sulfonamides is 1. The van der Waals surface area contributed by atoms with Gasteiger partial charge >= 0.3 is 0 Å². The van der Waals surface area contributed by atoms with Crippen LogP contribution in [0.1, 0.15) is 32.6 Å². The van der Waals surface area contributed by atoms with Gasteiger partial charge in [-0.2, -0.15) is 4.31 Å².